The summed E-state index contributed by atoms with van der Waals surface area (Å²) in [6.07, 6.45) is 0. The van der Waals surface area contributed by atoms with Gasteiger partial charge in [0.2, 0.25) is 0 Å². The zero-order valence-corrected chi connectivity index (χ0v) is 22.0. The SMILES string of the molecule is CCOCn1c(-c2cccc(-c3nc4ccccc4n3COCC)n2)nc2ccccc21.[Cl-].[Cl-].[Fe+2]. The summed E-state index contributed by atoms with van der Waals surface area (Å²) in [5, 5.41) is 0. The van der Waals surface area contributed by atoms with E-state index in [4.69, 9.17) is 24.4 Å². The topological polar surface area (TPSA) is 67.0 Å². The zero-order chi connectivity index (χ0) is 21.9. The molecule has 0 bridgehead atoms. The van der Waals surface area contributed by atoms with Gasteiger partial charge in [0.25, 0.3) is 0 Å². The minimum absolute atomic E-state index is 0. The van der Waals surface area contributed by atoms with Crippen molar-refractivity contribution in [1.82, 2.24) is 24.1 Å². The van der Waals surface area contributed by atoms with Crippen molar-refractivity contribution in [2.45, 2.75) is 27.3 Å². The molecule has 5 rings (SSSR count). The molecular weight excluding hydrogens is 529 g/mol. The minimum atomic E-state index is 0. The van der Waals surface area contributed by atoms with Crippen LogP contribution in [-0.2, 0) is 40.0 Å². The van der Waals surface area contributed by atoms with Crippen LogP contribution in [0.25, 0.3) is 45.1 Å². The van der Waals surface area contributed by atoms with Gasteiger partial charge in [0.05, 0.1) is 22.1 Å². The second-order valence-electron chi connectivity index (χ2n) is 7.36. The Hall–Kier alpha value is -2.45. The van der Waals surface area contributed by atoms with Gasteiger partial charge in [0, 0.05) is 13.2 Å². The normalized spacial score (nSPS) is 10.6. The standard InChI is InChI=1S/C25H25N5O2.2ClH.Fe/c1-3-31-16-29-22-14-7-5-10-18(22)27-24(29)20-12-9-13-21(26-20)25-28-19-11-6-8-15-23(19)30(25)17-32-4-2;;;/h5-15H,3-4,16-17H2,1-2H3;2*1H;/q;;;+2/p-2. The van der Waals surface area contributed by atoms with Crippen molar-refractivity contribution in [3.05, 3.63) is 66.7 Å². The average molecular weight is 554 g/mol. The molecule has 7 nitrogen and oxygen atoms in total. The summed E-state index contributed by atoms with van der Waals surface area (Å²) in [5.41, 5.74) is 5.41. The molecule has 0 N–H and O–H groups in total. The summed E-state index contributed by atoms with van der Waals surface area (Å²) < 4.78 is 15.6. The first-order valence-electron chi connectivity index (χ1n) is 10.8. The Morgan fingerprint density at radius 3 is 1.46 bits per heavy atom. The smallest absolute Gasteiger partial charge is 1.00 e. The first-order chi connectivity index (χ1) is 15.8. The van der Waals surface area contributed by atoms with Crippen molar-refractivity contribution in [1.29, 1.82) is 0 Å². The number of benzene rings is 2. The van der Waals surface area contributed by atoms with Gasteiger partial charge in [-0.1, -0.05) is 30.3 Å². The van der Waals surface area contributed by atoms with E-state index in [0.717, 1.165) is 45.1 Å². The molecule has 0 spiro atoms. The molecule has 0 fully saturated rings. The number of halogens is 2. The summed E-state index contributed by atoms with van der Waals surface area (Å²) in [6.45, 7) is 6.06. The van der Waals surface area contributed by atoms with Crippen molar-refractivity contribution < 1.29 is 51.4 Å². The molecule has 0 aliphatic carbocycles. The number of ether oxygens (including phenoxy) is 2. The van der Waals surface area contributed by atoms with E-state index in [1.54, 1.807) is 0 Å². The van der Waals surface area contributed by atoms with Gasteiger partial charge in [-0.05, 0) is 50.2 Å². The van der Waals surface area contributed by atoms with Gasteiger partial charge in [-0.2, -0.15) is 0 Å². The van der Waals surface area contributed by atoms with Crippen LogP contribution in [0.4, 0.5) is 0 Å². The zero-order valence-electron chi connectivity index (χ0n) is 19.3. The number of pyridine rings is 1. The molecule has 0 saturated carbocycles. The second-order valence-corrected chi connectivity index (χ2v) is 7.36. The molecule has 10 heteroatoms. The fourth-order valence-electron chi connectivity index (χ4n) is 3.85. The average Bonchev–Trinajstić information content (AvgIpc) is 3.40. The summed E-state index contributed by atoms with van der Waals surface area (Å²) in [5.74, 6) is 1.54. The fourth-order valence-corrected chi connectivity index (χ4v) is 3.85. The molecule has 0 amide bonds. The quantitative estimate of drug-likeness (QED) is 0.233. The third kappa shape index (κ3) is 5.70. The Morgan fingerprint density at radius 1 is 0.600 bits per heavy atom. The summed E-state index contributed by atoms with van der Waals surface area (Å²) >= 11 is 0. The van der Waals surface area contributed by atoms with Crippen LogP contribution >= 0.6 is 0 Å². The molecule has 0 unspecified atom stereocenters. The van der Waals surface area contributed by atoms with Crippen LogP contribution in [0.15, 0.2) is 66.7 Å². The van der Waals surface area contributed by atoms with Gasteiger partial charge in [0.1, 0.15) is 24.8 Å². The van der Waals surface area contributed by atoms with E-state index in [0.29, 0.717) is 26.7 Å². The maximum Gasteiger partial charge on any atom is 2.00 e. The number of rotatable bonds is 8. The number of hydrogen-bond acceptors (Lipinski definition) is 5. The monoisotopic (exact) mass is 553 g/mol. The van der Waals surface area contributed by atoms with Crippen molar-refractivity contribution in [2.75, 3.05) is 13.2 Å². The molecule has 184 valence electrons. The molecule has 3 aromatic heterocycles. The molecule has 0 saturated heterocycles. The van der Waals surface area contributed by atoms with Crippen LogP contribution in [0.3, 0.4) is 0 Å². The summed E-state index contributed by atoms with van der Waals surface area (Å²) in [4.78, 5) is 14.7. The third-order valence-electron chi connectivity index (χ3n) is 5.37. The molecule has 5 aromatic rings. The van der Waals surface area contributed by atoms with Crippen LogP contribution in [0.2, 0.25) is 0 Å². The first-order valence-corrected chi connectivity index (χ1v) is 10.8. The maximum atomic E-state index is 5.73. The van der Waals surface area contributed by atoms with Crippen molar-refractivity contribution in [3.63, 3.8) is 0 Å². The van der Waals surface area contributed by atoms with Gasteiger partial charge in [-0.15, -0.1) is 0 Å². The van der Waals surface area contributed by atoms with Gasteiger partial charge < -0.3 is 34.3 Å². The van der Waals surface area contributed by atoms with Crippen LogP contribution < -0.4 is 24.8 Å². The summed E-state index contributed by atoms with van der Waals surface area (Å²) in [7, 11) is 0. The van der Waals surface area contributed by atoms with E-state index < -0.39 is 0 Å². The van der Waals surface area contributed by atoms with Crippen molar-refractivity contribution >= 4 is 22.1 Å². The Labute approximate surface area is 227 Å². The van der Waals surface area contributed by atoms with Gasteiger partial charge in [-0.3, -0.25) is 9.13 Å². The van der Waals surface area contributed by atoms with E-state index in [1.165, 1.54) is 0 Å². The molecule has 2 aromatic carbocycles. The minimum Gasteiger partial charge on any atom is -1.00 e. The van der Waals surface area contributed by atoms with Gasteiger partial charge in [-0.25, -0.2) is 15.0 Å². The van der Waals surface area contributed by atoms with Gasteiger partial charge in [0.15, 0.2) is 11.6 Å². The number of para-hydroxylation sites is 4. The number of imidazole rings is 2. The van der Waals surface area contributed by atoms with E-state index in [-0.39, 0.29) is 41.9 Å². The predicted octanol–water partition coefficient (Wildman–Crippen LogP) is -0.891. The van der Waals surface area contributed by atoms with Crippen LogP contribution in [0.5, 0.6) is 0 Å². The summed E-state index contributed by atoms with van der Waals surface area (Å²) in [6, 6.07) is 22.1. The molecule has 0 aliphatic rings. The number of aromatic nitrogens is 5. The Morgan fingerprint density at radius 2 is 1.03 bits per heavy atom. The predicted molar refractivity (Wildman–Crippen MR) is 125 cm³/mol. The molecule has 0 atom stereocenters. The first kappa shape index (κ1) is 28.8. The third-order valence-corrected chi connectivity index (χ3v) is 5.37. The molecule has 3 heterocycles. The Kier molecular flexibility index (Phi) is 10.7. The van der Waals surface area contributed by atoms with E-state index >= 15 is 0 Å². The second kappa shape index (κ2) is 13.0. The number of nitrogens with zero attached hydrogens (tertiary/aromatic N) is 5. The van der Waals surface area contributed by atoms with Crippen molar-refractivity contribution in [2.24, 2.45) is 0 Å². The van der Waals surface area contributed by atoms with E-state index in [1.807, 2.05) is 68.4 Å². The Balaban J connectivity index is 0.00000144. The molecule has 35 heavy (non-hydrogen) atoms. The van der Waals surface area contributed by atoms with Crippen LogP contribution in [0, 0.1) is 0 Å². The van der Waals surface area contributed by atoms with E-state index in [9.17, 15) is 0 Å². The van der Waals surface area contributed by atoms with Crippen molar-refractivity contribution in [3.8, 4) is 23.0 Å². The Bertz CT molecular complexity index is 1290. The molecule has 0 aliphatic heterocycles. The number of fused-ring (bicyclic) bond motifs is 2. The van der Waals surface area contributed by atoms with Crippen LogP contribution in [-0.4, -0.2) is 37.3 Å². The van der Waals surface area contributed by atoms with Crippen LogP contribution in [0.1, 0.15) is 13.8 Å². The molecular formula is C25H25Cl2FeN5O2. The number of hydrogen-bond donors (Lipinski definition) is 0. The van der Waals surface area contributed by atoms with Gasteiger partial charge >= 0.3 is 17.1 Å². The maximum absolute atomic E-state index is 5.73. The largest absolute Gasteiger partial charge is 2.00 e. The van der Waals surface area contributed by atoms with E-state index in [2.05, 4.69) is 21.3 Å². The molecule has 0 radical (unpaired) electrons. The fraction of sp³-hybridized carbons (Fsp3) is 0.240.